The van der Waals surface area contributed by atoms with E-state index in [1.54, 1.807) is 0 Å². The predicted octanol–water partition coefficient (Wildman–Crippen LogP) is 1.98. The third-order valence-corrected chi connectivity index (χ3v) is 2.66. The highest BCUT2D eigenvalue weighted by atomic mass is 79.9. The monoisotopic (exact) mass is 270 g/mol. The molecule has 0 aromatic heterocycles. The van der Waals surface area contributed by atoms with Gasteiger partial charge in [-0.25, -0.2) is 0 Å². The van der Waals surface area contributed by atoms with Gasteiger partial charge in [-0.05, 0) is 24.6 Å². The van der Waals surface area contributed by atoms with Crippen molar-refractivity contribution in [2.45, 2.75) is 19.4 Å². The molecule has 0 radical (unpaired) electrons. The van der Waals surface area contributed by atoms with Crippen molar-refractivity contribution in [1.82, 2.24) is 5.32 Å². The fourth-order valence-corrected chi connectivity index (χ4v) is 1.72. The van der Waals surface area contributed by atoms with E-state index in [2.05, 4.69) is 34.2 Å². The number of nitrogens with two attached hydrogens (primary N) is 1. The molecule has 1 rings (SSSR count). The van der Waals surface area contributed by atoms with Crippen LogP contribution in [0.1, 0.15) is 24.9 Å². The summed E-state index contributed by atoms with van der Waals surface area (Å²) in [5, 5.41) is 3.24. The van der Waals surface area contributed by atoms with Crippen LogP contribution in [0.15, 0.2) is 28.7 Å². The highest BCUT2D eigenvalue weighted by molar-refractivity contribution is 9.10. The molecule has 0 saturated carbocycles. The Balaban J connectivity index is 2.46. The average Bonchev–Trinajstić information content (AvgIpc) is 2.17. The number of carbonyl (C=O) groups is 1. The van der Waals surface area contributed by atoms with Crippen molar-refractivity contribution in [3.05, 3.63) is 34.3 Å². The van der Waals surface area contributed by atoms with E-state index in [1.807, 2.05) is 18.2 Å². The molecule has 1 aromatic rings. The Morgan fingerprint density at radius 1 is 1.60 bits per heavy atom. The lowest BCUT2D eigenvalue weighted by Gasteiger charge is -2.13. The second-order valence-corrected chi connectivity index (χ2v) is 4.36. The lowest BCUT2D eigenvalue weighted by atomic mass is 10.1. The lowest BCUT2D eigenvalue weighted by molar-refractivity contribution is -0.117. The van der Waals surface area contributed by atoms with Gasteiger partial charge in [-0.15, -0.1) is 0 Å². The molecule has 0 spiro atoms. The number of carbonyl (C=O) groups excluding carboxylic acids is 1. The third-order valence-electron chi connectivity index (χ3n) is 2.17. The molecule has 4 heteroatoms. The molecule has 0 unspecified atom stereocenters. The second-order valence-electron chi connectivity index (χ2n) is 3.45. The predicted molar refractivity (Wildman–Crippen MR) is 64.4 cm³/mol. The lowest BCUT2D eigenvalue weighted by Crippen LogP contribution is -2.24. The Labute approximate surface area is 98.2 Å². The average molecular weight is 271 g/mol. The molecule has 1 atom stereocenters. The summed E-state index contributed by atoms with van der Waals surface area (Å²) in [4.78, 5) is 10.5. The fraction of sp³-hybridized carbons (Fsp3) is 0.364. The van der Waals surface area contributed by atoms with E-state index in [9.17, 15) is 4.79 Å². The van der Waals surface area contributed by atoms with Crippen LogP contribution in [0.3, 0.4) is 0 Å². The molecular formula is C11H15BrN2O. The van der Waals surface area contributed by atoms with Crippen molar-refractivity contribution >= 4 is 21.8 Å². The van der Waals surface area contributed by atoms with Gasteiger partial charge < -0.3 is 11.1 Å². The topological polar surface area (TPSA) is 55.1 Å². The third kappa shape index (κ3) is 4.44. The SMILES string of the molecule is C[C@@H](NCCC(N)=O)c1cccc(Br)c1. The molecule has 3 nitrogen and oxygen atoms in total. The summed E-state index contributed by atoms with van der Waals surface area (Å²) < 4.78 is 1.06. The number of halogens is 1. The number of benzene rings is 1. The van der Waals surface area contributed by atoms with Crippen molar-refractivity contribution in [1.29, 1.82) is 0 Å². The Morgan fingerprint density at radius 3 is 2.93 bits per heavy atom. The van der Waals surface area contributed by atoms with Crippen molar-refractivity contribution in [3.63, 3.8) is 0 Å². The maximum absolute atomic E-state index is 10.5. The Bertz CT molecular complexity index is 341. The number of hydrogen-bond donors (Lipinski definition) is 2. The van der Waals surface area contributed by atoms with Crippen molar-refractivity contribution in [3.8, 4) is 0 Å². The van der Waals surface area contributed by atoms with Crippen LogP contribution < -0.4 is 11.1 Å². The zero-order chi connectivity index (χ0) is 11.3. The summed E-state index contributed by atoms with van der Waals surface area (Å²) in [7, 11) is 0. The molecule has 82 valence electrons. The van der Waals surface area contributed by atoms with E-state index in [4.69, 9.17) is 5.73 Å². The molecule has 0 fully saturated rings. The summed E-state index contributed by atoms with van der Waals surface area (Å²) in [6, 6.07) is 8.31. The van der Waals surface area contributed by atoms with Gasteiger partial charge in [-0.2, -0.15) is 0 Å². The molecular weight excluding hydrogens is 256 g/mol. The van der Waals surface area contributed by atoms with Gasteiger partial charge in [0.25, 0.3) is 0 Å². The van der Waals surface area contributed by atoms with Gasteiger partial charge in [0.15, 0.2) is 0 Å². The summed E-state index contributed by atoms with van der Waals surface area (Å²) in [5.74, 6) is -0.274. The van der Waals surface area contributed by atoms with Gasteiger partial charge in [0.1, 0.15) is 0 Å². The summed E-state index contributed by atoms with van der Waals surface area (Å²) >= 11 is 3.42. The van der Waals surface area contributed by atoms with Crippen LogP contribution in [0.25, 0.3) is 0 Å². The largest absolute Gasteiger partial charge is 0.370 e. The number of primary amides is 1. The zero-order valence-electron chi connectivity index (χ0n) is 8.66. The van der Waals surface area contributed by atoms with Crippen molar-refractivity contribution in [2.75, 3.05) is 6.54 Å². The first-order valence-electron chi connectivity index (χ1n) is 4.86. The van der Waals surface area contributed by atoms with Crippen LogP contribution in [0.5, 0.6) is 0 Å². The molecule has 0 aliphatic rings. The molecule has 0 saturated heterocycles. The second kappa shape index (κ2) is 5.88. The van der Waals surface area contributed by atoms with Crippen LogP contribution in [-0.2, 0) is 4.79 Å². The quantitative estimate of drug-likeness (QED) is 0.860. The van der Waals surface area contributed by atoms with Gasteiger partial charge in [-0.3, -0.25) is 4.79 Å². The molecule has 1 aromatic carbocycles. The highest BCUT2D eigenvalue weighted by Crippen LogP contribution is 2.17. The van der Waals surface area contributed by atoms with Crippen LogP contribution in [0.2, 0.25) is 0 Å². The number of hydrogen-bond acceptors (Lipinski definition) is 2. The molecule has 0 bridgehead atoms. The normalized spacial score (nSPS) is 12.4. The van der Waals surface area contributed by atoms with Gasteiger partial charge in [0.05, 0.1) is 0 Å². The molecule has 1 amide bonds. The standard InChI is InChI=1S/C11H15BrN2O/c1-8(14-6-5-11(13)15)9-3-2-4-10(12)7-9/h2-4,7-8,14H,5-6H2,1H3,(H2,13,15)/t8-/m1/s1. The van der Waals surface area contributed by atoms with Crippen LogP contribution in [-0.4, -0.2) is 12.5 Å². The van der Waals surface area contributed by atoms with Gasteiger partial charge in [0, 0.05) is 23.5 Å². The van der Waals surface area contributed by atoms with E-state index in [1.165, 1.54) is 5.56 Å². The first-order valence-corrected chi connectivity index (χ1v) is 5.66. The first kappa shape index (κ1) is 12.2. The summed E-state index contributed by atoms with van der Waals surface area (Å²) in [6.07, 6.45) is 0.373. The van der Waals surface area contributed by atoms with Crippen molar-refractivity contribution in [2.24, 2.45) is 5.73 Å². The van der Waals surface area contributed by atoms with E-state index in [0.717, 1.165) is 4.47 Å². The zero-order valence-corrected chi connectivity index (χ0v) is 10.3. The molecule has 0 aliphatic heterocycles. The summed E-state index contributed by atoms with van der Waals surface area (Å²) in [6.45, 7) is 2.67. The maximum atomic E-state index is 10.5. The first-order chi connectivity index (χ1) is 7.09. The van der Waals surface area contributed by atoms with E-state index < -0.39 is 0 Å². The van der Waals surface area contributed by atoms with Gasteiger partial charge >= 0.3 is 0 Å². The number of amides is 1. The molecule has 3 N–H and O–H groups in total. The van der Waals surface area contributed by atoms with Gasteiger partial charge in [-0.1, -0.05) is 28.1 Å². The van der Waals surface area contributed by atoms with Crippen LogP contribution in [0, 0.1) is 0 Å². The van der Waals surface area contributed by atoms with Crippen LogP contribution >= 0.6 is 15.9 Å². The minimum Gasteiger partial charge on any atom is -0.370 e. The smallest absolute Gasteiger partial charge is 0.218 e. The Hall–Kier alpha value is -0.870. The molecule has 0 heterocycles. The van der Waals surface area contributed by atoms with E-state index in [-0.39, 0.29) is 11.9 Å². The minimum atomic E-state index is -0.274. The van der Waals surface area contributed by atoms with Crippen LogP contribution in [0.4, 0.5) is 0 Å². The number of nitrogens with one attached hydrogen (secondary N) is 1. The fourth-order valence-electron chi connectivity index (χ4n) is 1.31. The summed E-state index contributed by atoms with van der Waals surface area (Å²) in [5.41, 5.74) is 6.24. The number of rotatable bonds is 5. The molecule has 0 aliphatic carbocycles. The van der Waals surface area contributed by atoms with E-state index in [0.29, 0.717) is 13.0 Å². The molecule has 15 heavy (non-hydrogen) atoms. The minimum absolute atomic E-state index is 0.224. The highest BCUT2D eigenvalue weighted by Gasteiger charge is 2.04. The Kier molecular flexibility index (Phi) is 4.78. The Morgan fingerprint density at radius 2 is 2.33 bits per heavy atom. The van der Waals surface area contributed by atoms with Gasteiger partial charge in [0.2, 0.25) is 5.91 Å². The van der Waals surface area contributed by atoms with Crippen molar-refractivity contribution < 1.29 is 4.79 Å². The van der Waals surface area contributed by atoms with E-state index >= 15 is 0 Å². The maximum Gasteiger partial charge on any atom is 0.218 e.